The van der Waals surface area contributed by atoms with Crippen molar-refractivity contribution in [2.45, 2.75) is 67.0 Å². The van der Waals surface area contributed by atoms with Crippen LogP contribution in [0.15, 0.2) is 118 Å². The number of aryl methyl sites for hydroxylation is 2. The molecule has 0 bridgehead atoms. The minimum atomic E-state index is -1.51. The maximum absolute atomic E-state index is 13.0. The molecule has 53 heavy (non-hydrogen) atoms. The largest absolute Gasteiger partial charge is 0.484 e. The van der Waals surface area contributed by atoms with Crippen LogP contribution in [0.1, 0.15) is 73.9 Å². The number of oxazole rings is 2. The molecular weight excluding hydrogens is 672 g/mol. The van der Waals surface area contributed by atoms with E-state index in [1.165, 1.54) is 13.8 Å². The molecule has 10 heteroatoms. The number of hydrogen-bond acceptors (Lipinski definition) is 10. The highest BCUT2D eigenvalue weighted by Gasteiger charge is 2.39. The Labute approximate surface area is 308 Å². The summed E-state index contributed by atoms with van der Waals surface area (Å²) in [6.07, 6.45) is -0.712. The number of esters is 2. The fourth-order valence-electron chi connectivity index (χ4n) is 5.57. The second-order valence-corrected chi connectivity index (χ2v) is 13.2. The van der Waals surface area contributed by atoms with E-state index in [4.69, 9.17) is 27.8 Å². The molecule has 0 saturated carbocycles. The summed E-state index contributed by atoms with van der Waals surface area (Å²) >= 11 is 0. The third-order valence-corrected chi connectivity index (χ3v) is 8.71. The van der Waals surface area contributed by atoms with Crippen LogP contribution in [0.2, 0.25) is 0 Å². The van der Waals surface area contributed by atoms with Crippen LogP contribution >= 0.6 is 0 Å². The SMILES string of the molecule is Cc1oc(-c2ccccc2)nc1C(C)Oc1ccc(COC(=O)C(C)(C)C(=O)OCc2ccc(OC(C)c3nc(-c4ccccc4)oc3C)cc2)cc1. The minimum Gasteiger partial charge on any atom is -0.484 e. The Morgan fingerprint density at radius 1 is 0.585 bits per heavy atom. The van der Waals surface area contributed by atoms with Crippen molar-refractivity contribution in [2.75, 3.05) is 0 Å². The molecule has 6 rings (SSSR count). The second kappa shape index (κ2) is 16.0. The van der Waals surface area contributed by atoms with E-state index in [0.717, 1.165) is 22.3 Å². The number of benzene rings is 4. The van der Waals surface area contributed by atoms with Crippen molar-refractivity contribution in [3.8, 4) is 34.4 Å². The van der Waals surface area contributed by atoms with Crippen LogP contribution < -0.4 is 9.47 Å². The van der Waals surface area contributed by atoms with Crippen molar-refractivity contribution >= 4 is 11.9 Å². The molecule has 4 aromatic carbocycles. The lowest BCUT2D eigenvalue weighted by Crippen LogP contribution is -2.36. The molecule has 2 heterocycles. The lowest BCUT2D eigenvalue weighted by molar-refractivity contribution is -0.171. The van der Waals surface area contributed by atoms with Crippen LogP contribution in [-0.2, 0) is 32.3 Å². The Bertz CT molecular complexity index is 1980. The number of ether oxygens (including phenoxy) is 4. The van der Waals surface area contributed by atoms with Gasteiger partial charge in [-0.15, -0.1) is 0 Å². The second-order valence-electron chi connectivity index (χ2n) is 13.2. The number of carbonyl (C=O) groups excluding carboxylic acids is 2. The van der Waals surface area contributed by atoms with Crippen molar-refractivity contribution < 1.29 is 37.4 Å². The van der Waals surface area contributed by atoms with Gasteiger partial charge in [-0.05, 0) is 101 Å². The molecule has 0 fully saturated rings. The molecule has 2 atom stereocenters. The number of carbonyl (C=O) groups is 2. The Morgan fingerprint density at radius 2 is 0.943 bits per heavy atom. The highest BCUT2D eigenvalue weighted by molar-refractivity contribution is 5.99. The maximum atomic E-state index is 13.0. The van der Waals surface area contributed by atoms with Crippen LogP contribution in [0.4, 0.5) is 0 Å². The average molecular weight is 715 g/mol. The number of rotatable bonds is 14. The first-order valence-electron chi connectivity index (χ1n) is 17.4. The molecule has 0 spiro atoms. The third-order valence-electron chi connectivity index (χ3n) is 8.71. The first-order valence-corrected chi connectivity index (χ1v) is 17.4. The highest BCUT2D eigenvalue weighted by Crippen LogP contribution is 2.30. The molecular formula is C43H42N2O8. The summed E-state index contributed by atoms with van der Waals surface area (Å²) in [5.74, 6) is 2.32. The first-order chi connectivity index (χ1) is 25.5. The lowest BCUT2D eigenvalue weighted by atomic mass is 9.94. The first kappa shape index (κ1) is 36.6. The molecule has 272 valence electrons. The van der Waals surface area contributed by atoms with E-state index in [0.29, 0.717) is 46.2 Å². The van der Waals surface area contributed by atoms with Crippen molar-refractivity contribution in [3.63, 3.8) is 0 Å². The van der Waals surface area contributed by atoms with Crippen molar-refractivity contribution in [3.05, 3.63) is 143 Å². The molecule has 6 aromatic rings. The van der Waals surface area contributed by atoms with Gasteiger partial charge in [0.2, 0.25) is 11.8 Å². The van der Waals surface area contributed by atoms with Crippen molar-refractivity contribution in [2.24, 2.45) is 5.41 Å². The van der Waals surface area contributed by atoms with Gasteiger partial charge in [0.15, 0.2) is 5.41 Å². The van der Waals surface area contributed by atoms with E-state index in [2.05, 4.69) is 9.97 Å². The summed E-state index contributed by atoms with van der Waals surface area (Å²) in [6.45, 7) is 10.5. The zero-order valence-electron chi connectivity index (χ0n) is 30.6. The number of aromatic nitrogens is 2. The topological polar surface area (TPSA) is 123 Å². The summed E-state index contributed by atoms with van der Waals surface area (Å²) in [6, 6.07) is 33.8. The molecule has 2 aromatic heterocycles. The monoisotopic (exact) mass is 714 g/mol. The van der Waals surface area contributed by atoms with E-state index in [-0.39, 0.29) is 25.4 Å². The average Bonchev–Trinajstić information content (AvgIpc) is 3.77. The fraction of sp³-hybridized carbons (Fsp3) is 0.256. The van der Waals surface area contributed by atoms with Gasteiger partial charge < -0.3 is 27.8 Å². The van der Waals surface area contributed by atoms with E-state index >= 15 is 0 Å². The quantitative estimate of drug-likeness (QED) is 0.0796. The molecule has 0 amide bonds. The summed E-state index contributed by atoms with van der Waals surface area (Å²) in [5.41, 5.74) is 3.16. The van der Waals surface area contributed by atoms with Crippen LogP contribution in [0, 0.1) is 19.3 Å². The predicted octanol–water partition coefficient (Wildman–Crippen LogP) is 9.71. The summed E-state index contributed by atoms with van der Waals surface area (Å²) in [7, 11) is 0. The van der Waals surface area contributed by atoms with Gasteiger partial charge in [-0.2, -0.15) is 0 Å². The summed E-state index contributed by atoms with van der Waals surface area (Å²) in [4.78, 5) is 35.2. The van der Waals surface area contributed by atoms with Crippen LogP contribution in [0.3, 0.4) is 0 Å². The maximum Gasteiger partial charge on any atom is 0.323 e. The third kappa shape index (κ3) is 8.84. The summed E-state index contributed by atoms with van der Waals surface area (Å²) in [5, 5.41) is 0. The zero-order valence-corrected chi connectivity index (χ0v) is 30.6. The smallest absolute Gasteiger partial charge is 0.323 e. The molecule has 0 N–H and O–H groups in total. The van der Waals surface area contributed by atoms with Gasteiger partial charge in [0.25, 0.3) is 0 Å². The zero-order chi connectivity index (χ0) is 37.5. The van der Waals surface area contributed by atoms with E-state index in [9.17, 15) is 9.59 Å². The Kier molecular flexibility index (Phi) is 11.1. The highest BCUT2D eigenvalue weighted by atomic mass is 16.6. The lowest BCUT2D eigenvalue weighted by Gasteiger charge is -2.21. The Morgan fingerprint density at radius 3 is 1.30 bits per heavy atom. The predicted molar refractivity (Wildman–Crippen MR) is 198 cm³/mol. The van der Waals surface area contributed by atoms with Gasteiger partial charge in [-0.1, -0.05) is 60.7 Å². The van der Waals surface area contributed by atoms with Crippen molar-refractivity contribution in [1.82, 2.24) is 9.97 Å². The molecule has 2 unspecified atom stereocenters. The summed E-state index contributed by atoms with van der Waals surface area (Å²) < 4.78 is 35.0. The molecule has 10 nitrogen and oxygen atoms in total. The molecule has 0 aliphatic rings. The normalized spacial score (nSPS) is 12.5. The molecule has 0 aliphatic carbocycles. The molecule has 0 aliphatic heterocycles. The Hall–Kier alpha value is -6.16. The molecule has 0 saturated heterocycles. The minimum absolute atomic E-state index is 0.0183. The van der Waals surface area contributed by atoms with E-state index in [1.807, 2.05) is 88.4 Å². The fourth-order valence-corrected chi connectivity index (χ4v) is 5.57. The van der Waals surface area contributed by atoms with Gasteiger partial charge in [0.05, 0.1) is 0 Å². The van der Waals surface area contributed by atoms with Gasteiger partial charge in [-0.25, -0.2) is 9.97 Å². The van der Waals surface area contributed by atoms with Crippen LogP contribution in [-0.4, -0.2) is 21.9 Å². The van der Waals surface area contributed by atoms with E-state index in [1.54, 1.807) is 48.5 Å². The number of nitrogens with zero attached hydrogens (tertiary/aromatic N) is 2. The Balaban J connectivity index is 0.955. The molecule has 0 radical (unpaired) electrons. The van der Waals surface area contributed by atoms with Gasteiger partial charge in [0, 0.05) is 11.1 Å². The van der Waals surface area contributed by atoms with Gasteiger partial charge in [0.1, 0.15) is 59.8 Å². The van der Waals surface area contributed by atoms with Gasteiger partial charge >= 0.3 is 11.9 Å². The standard InChI is InChI=1S/C43H42N2O8/c1-27(37-29(3)52-39(44-37)33-13-9-7-10-14-33)50-35-21-17-31(18-22-35)25-48-41(46)43(5,6)42(47)49-26-32-19-23-36(24-20-32)51-28(2)38-30(4)53-40(45-38)34-15-11-8-12-16-34/h7-24,27-28H,25-26H2,1-6H3. The van der Waals surface area contributed by atoms with Crippen LogP contribution in [0.25, 0.3) is 22.9 Å². The number of hydrogen-bond donors (Lipinski definition) is 0. The van der Waals surface area contributed by atoms with E-state index < -0.39 is 17.4 Å². The van der Waals surface area contributed by atoms with Crippen LogP contribution in [0.5, 0.6) is 11.5 Å². The van der Waals surface area contributed by atoms with Crippen molar-refractivity contribution in [1.29, 1.82) is 0 Å². The van der Waals surface area contributed by atoms with Gasteiger partial charge in [-0.3, -0.25) is 9.59 Å².